The minimum absolute atomic E-state index is 0.303. The van der Waals surface area contributed by atoms with E-state index in [-0.39, 0.29) is 11.9 Å². The molecule has 0 bridgehead atoms. The number of halogens is 2. The second kappa shape index (κ2) is 8.94. The molecule has 4 aromatic rings. The van der Waals surface area contributed by atoms with Crippen molar-refractivity contribution in [1.29, 1.82) is 0 Å². The number of nitrogens with one attached hydrogen (secondary N) is 1. The van der Waals surface area contributed by atoms with Crippen LogP contribution in [0.25, 0.3) is 0 Å². The molecule has 2 aromatic carbocycles. The molecule has 0 saturated carbocycles. The summed E-state index contributed by atoms with van der Waals surface area (Å²) in [4.78, 5) is 7.27. The molecule has 1 N–H and O–H groups in total. The van der Waals surface area contributed by atoms with E-state index in [1.54, 1.807) is 29.3 Å². The van der Waals surface area contributed by atoms with Crippen molar-refractivity contribution < 1.29 is 8.81 Å². The second-order valence-electron chi connectivity index (χ2n) is 7.16. The lowest BCUT2D eigenvalue weighted by molar-refractivity contribution is 0.382. The van der Waals surface area contributed by atoms with Crippen molar-refractivity contribution in [2.75, 3.05) is 4.90 Å². The number of nitrogens with zero attached hydrogens (tertiary/aromatic N) is 2. The van der Waals surface area contributed by atoms with Gasteiger partial charge in [-0.25, -0.2) is 4.39 Å². The highest BCUT2D eigenvalue weighted by Crippen LogP contribution is 2.44. The number of hydrogen-bond acceptors (Lipinski definition) is 4. The topological polar surface area (TPSA) is 41.3 Å². The quantitative estimate of drug-likeness (QED) is 0.316. The maximum Gasteiger partial charge on any atom is 0.174 e. The molecular formula is C24H17ClFN3OS2. The van der Waals surface area contributed by atoms with Crippen LogP contribution >= 0.6 is 35.6 Å². The van der Waals surface area contributed by atoms with Gasteiger partial charge in [-0.05, 0) is 72.9 Å². The van der Waals surface area contributed by atoms with E-state index >= 15 is 0 Å². The number of anilines is 1. The fraction of sp³-hybridized carbons (Fsp3) is 0.0833. The Morgan fingerprint density at radius 2 is 1.78 bits per heavy atom. The molecule has 0 spiro atoms. The van der Waals surface area contributed by atoms with Crippen molar-refractivity contribution in [3.8, 4) is 0 Å². The average molecular weight is 482 g/mol. The van der Waals surface area contributed by atoms with E-state index in [9.17, 15) is 4.39 Å². The van der Waals surface area contributed by atoms with Crippen molar-refractivity contribution >= 4 is 46.4 Å². The summed E-state index contributed by atoms with van der Waals surface area (Å²) in [5, 5.41) is 5.12. The number of benzene rings is 2. The minimum Gasteiger partial charge on any atom is -0.452 e. The van der Waals surface area contributed by atoms with E-state index in [0.29, 0.717) is 26.7 Å². The van der Waals surface area contributed by atoms with Gasteiger partial charge in [-0.15, -0.1) is 0 Å². The fourth-order valence-corrected chi connectivity index (χ4v) is 4.96. The van der Waals surface area contributed by atoms with Gasteiger partial charge in [0.1, 0.15) is 17.6 Å². The number of thiocarbonyl (C=S) groups is 1. The Hall–Kier alpha value is -2.87. The molecule has 0 amide bonds. The molecule has 0 radical (unpaired) electrons. The summed E-state index contributed by atoms with van der Waals surface area (Å²) >= 11 is 13.1. The highest BCUT2D eigenvalue weighted by Gasteiger charge is 2.43. The zero-order valence-corrected chi connectivity index (χ0v) is 19.0. The molecule has 4 nitrogen and oxygen atoms in total. The van der Waals surface area contributed by atoms with Crippen molar-refractivity contribution in [2.24, 2.45) is 0 Å². The Labute approximate surface area is 199 Å². The standard InChI is InChI=1S/C24H17ClFN3OS2/c25-15-8-10-16(11-9-15)32-21-13-12-20(30-21)23-22(18-6-3-4-14-27-18)28-24(31)29(23)19-7-2-1-5-17(19)26/h1-14,22-23H,(H,28,31)/t22-,23-/m0/s1. The molecule has 1 aliphatic heterocycles. The van der Waals surface area contributed by atoms with Crippen LogP contribution in [0.2, 0.25) is 5.02 Å². The molecule has 160 valence electrons. The first-order chi connectivity index (χ1) is 15.6. The smallest absolute Gasteiger partial charge is 0.174 e. The molecule has 3 heterocycles. The van der Waals surface area contributed by atoms with E-state index in [2.05, 4.69) is 10.3 Å². The van der Waals surface area contributed by atoms with Gasteiger partial charge in [0.15, 0.2) is 10.2 Å². The minimum atomic E-state index is -0.408. The van der Waals surface area contributed by atoms with Gasteiger partial charge >= 0.3 is 0 Å². The third-order valence-electron chi connectivity index (χ3n) is 5.14. The Kier molecular flexibility index (Phi) is 5.87. The maximum atomic E-state index is 14.8. The van der Waals surface area contributed by atoms with Crippen LogP contribution in [0.5, 0.6) is 0 Å². The van der Waals surface area contributed by atoms with Gasteiger partial charge in [0.05, 0.1) is 17.4 Å². The van der Waals surface area contributed by atoms with Gasteiger partial charge < -0.3 is 14.6 Å². The van der Waals surface area contributed by atoms with E-state index in [0.717, 1.165) is 10.6 Å². The summed E-state index contributed by atoms with van der Waals surface area (Å²) in [6.45, 7) is 0. The molecule has 5 rings (SSSR count). The third kappa shape index (κ3) is 4.11. The van der Waals surface area contributed by atoms with E-state index < -0.39 is 6.04 Å². The zero-order chi connectivity index (χ0) is 22.1. The van der Waals surface area contributed by atoms with Crippen LogP contribution in [0.4, 0.5) is 10.1 Å². The Morgan fingerprint density at radius 1 is 1.00 bits per heavy atom. The molecule has 8 heteroatoms. The normalized spacial score (nSPS) is 18.1. The van der Waals surface area contributed by atoms with Crippen LogP contribution in [0, 0.1) is 5.82 Å². The van der Waals surface area contributed by atoms with Gasteiger partial charge in [0.2, 0.25) is 0 Å². The third-order valence-corrected chi connectivity index (χ3v) is 6.63. The highest BCUT2D eigenvalue weighted by molar-refractivity contribution is 7.99. The second-order valence-corrected chi connectivity index (χ2v) is 9.06. The van der Waals surface area contributed by atoms with Crippen LogP contribution in [0.3, 0.4) is 0 Å². The molecule has 1 saturated heterocycles. The van der Waals surface area contributed by atoms with Crippen molar-refractivity contribution in [1.82, 2.24) is 10.3 Å². The SMILES string of the molecule is Fc1ccccc1N1C(=S)N[C@@H](c2ccccn2)[C@@H]1c1ccc(Sc2ccc(Cl)cc2)o1. The van der Waals surface area contributed by atoms with Crippen LogP contribution in [-0.2, 0) is 0 Å². The number of aromatic nitrogens is 1. The summed E-state index contributed by atoms with van der Waals surface area (Å²) < 4.78 is 21.0. The number of pyridine rings is 1. The summed E-state index contributed by atoms with van der Waals surface area (Å²) in [6.07, 6.45) is 1.73. The monoisotopic (exact) mass is 481 g/mol. The summed E-state index contributed by atoms with van der Waals surface area (Å²) in [5.41, 5.74) is 1.18. The Balaban J connectivity index is 1.54. The number of furan rings is 1. The lowest BCUT2D eigenvalue weighted by Gasteiger charge is -2.26. The van der Waals surface area contributed by atoms with E-state index in [4.69, 9.17) is 28.2 Å². The van der Waals surface area contributed by atoms with Crippen molar-refractivity contribution in [3.63, 3.8) is 0 Å². The molecule has 32 heavy (non-hydrogen) atoms. The number of hydrogen-bond donors (Lipinski definition) is 1. The van der Waals surface area contributed by atoms with Crippen LogP contribution < -0.4 is 10.2 Å². The average Bonchev–Trinajstić information content (AvgIpc) is 3.40. The molecule has 1 aliphatic rings. The highest BCUT2D eigenvalue weighted by atomic mass is 35.5. The summed E-state index contributed by atoms with van der Waals surface area (Å²) in [5.74, 6) is 0.304. The maximum absolute atomic E-state index is 14.8. The van der Waals surface area contributed by atoms with Gasteiger partial charge in [-0.3, -0.25) is 4.98 Å². The molecule has 2 aromatic heterocycles. The zero-order valence-electron chi connectivity index (χ0n) is 16.6. The lowest BCUT2D eigenvalue weighted by atomic mass is 10.0. The van der Waals surface area contributed by atoms with Crippen LogP contribution in [-0.4, -0.2) is 10.1 Å². The molecule has 0 aliphatic carbocycles. The van der Waals surface area contributed by atoms with Crippen molar-refractivity contribution in [3.05, 3.63) is 107 Å². The van der Waals surface area contributed by atoms with Crippen LogP contribution in [0.1, 0.15) is 23.5 Å². The fourth-order valence-electron chi connectivity index (χ4n) is 3.72. The molecular weight excluding hydrogens is 465 g/mol. The summed E-state index contributed by atoms with van der Waals surface area (Å²) in [6, 6.07) is 22.9. The first-order valence-corrected chi connectivity index (χ1v) is 11.5. The first kappa shape index (κ1) is 21.0. The lowest BCUT2D eigenvalue weighted by Crippen LogP contribution is -2.30. The largest absolute Gasteiger partial charge is 0.452 e. The number of para-hydroxylation sites is 1. The van der Waals surface area contributed by atoms with Gasteiger partial charge in [0, 0.05) is 16.1 Å². The van der Waals surface area contributed by atoms with Crippen molar-refractivity contribution in [2.45, 2.75) is 22.1 Å². The van der Waals surface area contributed by atoms with E-state index in [1.165, 1.54) is 17.8 Å². The van der Waals surface area contributed by atoms with Crippen LogP contribution in [0.15, 0.2) is 99.5 Å². The van der Waals surface area contributed by atoms with Gasteiger partial charge in [-0.2, -0.15) is 0 Å². The Bertz CT molecular complexity index is 1250. The van der Waals surface area contributed by atoms with Gasteiger partial charge in [-0.1, -0.05) is 41.6 Å². The number of rotatable bonds is 5. The predicted octanol–water partition coefficient (Wildman–Crippen LogP) is 6.80. The van der Waals surface area contributed by atoms with Gasteiger partial charge in [0.25, 0.3) is 0 Å². The first-order valence-electron chi connectivity index (χ1n) is 9.88. The molecule has 2 atom stereocenters. The summed E-state index contributed by atoms with van der Waals surface area (Å²) in [7, 11) is 0. The van der Waals surface area contributed by atoms with E-state index in [1.807, 2.05) is 54.6 Å². The molecule has 1 fully saturated rings. The molecule has 0 unspecified atom stereocenters. The predicted molar refractivity (Wildman–Crippen MR) is 129 cm³/mol. The Morgan fingerprint density at radius 3 is 2.53 bits per heavy atom.